The number of amides is 1. The van der Waals surface area contributed by atoms with Crippen molar-refractivity contribution in [2.45, 2.75) is 13.1 Å². The first-order chi connectivity index (χ1) is 9.67. The van der Waals surface area contributed by atoms with Crippen LogP contribution in [0.25, 0.3) is 0 Å². The normalized spacial score (nSPS) is 13.5. The standard InChI is InChI=1S/C15H13ClN2O2/c1-20-12-4-2-10(3-5-12)8-18-9-14-13(15(18)19)6-11(16)7-17-14/h2-7H,8-9H2,1H3. The second kappa shape index (κ2) is 5.13. The average Bonchev–Trinajstić information content (AvgIpc) is 2.76. The molecule has 0 atom stereocenters. The van der Waals surface area contributed by atoms with Crippen LogP contribution >= 0.6 is 11.6 Å². The molecule has 0 bridgehead atoms. The second-order valence-electron chi connectivity index (χ2n) is 4.66. The Balaban J connectivity index is 1.78. The van der Waals surface area contributed by atoms with Crippen molar-refractivity contribution >= 4 is 17.5 Å². The fourth-order valence-electron chi connectivity index (χ4n) is 2.28. The van der Waals surface area contributed by atoms with Crippen LogP contribution in [0.1, 0.15) is 21.6 Å². The highest BCUT2D eigenvalue weighted by Crippen LogP contribution is 2.25. The van der Waals surface area contributed by atoms with Crippen LogP contribution in [-0.2, 0) is 13.1 Å². The smallest absolute Gasteiger partial charge is 0.256 e. The summed E-state index contributed by atoms with van der Waals surface area (Å²) in [6, 6.07) is 9.36. The topological polar surface area (TPSA) is 42.4 Å². The highest BCUT2D eigenvalue weighted by molar-refractivity contribution is 6.30. The number of carbonyl (C=O) groups is 1. The fourth-order valence-corrected chi connectivity index (χ4v) is 2.44. The molecule has 20 heavy (non-hydrogen) atoms. The number of rotatable bonds is 3. The van der Waals surface area contributed by atoms with Gasteiger partial charge in [0.05, 0.1) is 29.9 Å². The summed E-state index contributed by atoms with van der Waals surface area (Å²) in [5, 5.41) is 0.489. The largest absolute Gasteiger partial charge is 0.497 e. The minimum atomic E-state index is -0.0224. The lowest BCUT2D eigenvalue weighted by Gasteiger charge is -2.15. The van der Waals surface area contributed by atoms with Crippen LogP contribution in [0.3, 0.4) is 0 Å². The molecule has 1 aliphatic heterocycles. The van der Waals surface area contributed by atoms with Gasteiger partial charge in [0.25, 0.3) is 5.91 Å². The van der Waals surface area contributed by atoms with Gasteiger partial charge in [0.1, 0.15) is 5.75 Å². The van der Waals surface area contributed by atoms with Crippen molar-refractivity contribution in [1.29, 1.82) is 0 Å². The highest BCUT2D eigenvalue weighted by atomic mass is 35.5. The number of pyridine rings is 1. The number of nitrogens with zero attached hydrogens (tertiary/aromatic N) is 2. The molecule has 2 aromatic rings. The fraction of sp³-hybridized carbons (Fsp3) is 0.200. The van der Waals surface area contributed by atoms with Crippen molar-refractivity contribution in [3.05, 3.63) is 58.4 Å². The second-order valence-corrected chi connectivity index (χ2v) is 5.09. The quantitative estimate of drug-likeness (QED) is 0.872. The molecule has 3 rings (SSSR count). The maximum atomic E-state index is 12.3. The number of methoxy groups -OCH3 is 1. The van der Waals surface area contributed by atoms with Gasteiger partial charge in [-0.2, -0.15) is 0 Å². The molecule has 0 unspecified atom stereocenters. The van der Waals surface area contributed by atoms with Crippen molar-refractivity contribution in [1.82, 2.24) is 9.88 Å². The van der Waals surface area contributed by atoms with E-state index < -0.39 is 0 Å². The van der Waals surface area contributed by atoms with Gasteiger partial charge >= 0.3 is 0 Å². The van der Waals surface area contributed by atoms with Crippen molar-refractivity contribution in [2.24, 2.45) is 0 Å². The number of fused-ring (bicyclic) bond motifs is 1. The Morgan fingerprint density at radius 2 is 2.10 bits per heavy atom. The minimum absolute atomic E-state index is 0.0224. The number of aromatic nitrogens is 1. The molecule has 0 aliphatic carbocycles. The molecular formula is C15H13ClN2O2. The van der Waals surface area contributed by atoms with Crippen LogP contribution in [0.5, 0.6) is 5.75 Å². The molecule has 0 radical (unpaired) electrons. The van der Waals surface area contributed by atoms with Crippen LogP contribution < -0.4 is 4.74 Å². The summed E-state index contributed by atoms with van der Waals surface area (Å²) >= 11 is 5.88. The molecule has 102 valence electrons. The van der Waals surface area contributed by atoms with E-state index in [-0.39, 0.29) is 5.91 Å². The van der Waals surface area contributed by atoms with Crippen molar-refractivity contribution in [3.63, 3.8) is 0 Å². The van der Waals surface area contributed by atoms with E-state index in [4.69, 9.17) is 16.3 Å². The van der Waals surface area contributed by atoms with E-state index in [0.717, 1.165) is 17.0 Å². The predicted molar refractivity (Wildman–Crippen MR) is 75.8 cm³/mol. The van der Waals surface area contributed by atoms with Gasteiger partial charge in [-0.25, -0.2) is 0 Å². The Morgan fingerprint density at radius 3 is 2.80 bits per heavy atom. The summed E-state index contributed by atoms with van der Waals surface area (Å²) < 4.78 is 5.12. The highest BCUT2D eigenvalue weighted by Gasteiger charge is 2.28. The Morgan fingerprint density at radius 1 is 1.35 bits per heavy atom. The molecule has 0 saturated heterocycles. The third kappa shape index (κ3) is 2.34. The summed E-state index contributed by atoms with van der Waals surface area (Å²) in [5.74, 6) is 0.782. The lowest BCUT2D eigenvalue weighted by atomic mass is 10.2. The van der Waals surface area contributed by atoms with Gasteiger partial charge in [-0.05, 0) is 23.8 Å². The molecule has 4 nitrogen and oxygen atoms in total. The SMILES string of the molecule is COc1ccc(CN2Cc3ncc(Cl)cc3C2=O)cc1. The lowest BCUT2D eigenvalue weighted by Crippen LogP contribution is -2.23. The van der Waals surface area contributed by atoms with E-state index in [0.29, 0.717) is 23.7 Å². The van der Waals surface area contributed by atoms with Gasteiger partial charge in [0.2, 0.25) is 0 Å². The number of carbonyl (C=O) groups excluding carboxylic acids is 1. The molecule has 0 saturated carbocycles. The number of hydrogen-bond acceptors (Lipinski definition) is 3. The maximum absolute atomic E-state index is 12.3. The van der Waals surface area contributed by atoms with E-state index >= 15 is 0 Å². The molecule has 1 aromatic carbocycles. The number of hydrogen-bond donors (Lipinski definition) is 0. The van der Waals surface area contributed by atoms with E-state index in [1.165, 1.54) is 0 Å². The van der Waals surface area contributed by atoms with E-state index in [1.54, 1.807) is 24.3 Å². The first-order valence-electron chi connectivity index (χ1n) is 6.24. The molecule has 0 spiro atoms. The monoisotopic (exact) mass is 288 g/mol. The van der Waals surface area contributed by atoms with E-state index in [1.807, 2.05) is 24.3 Å². The van der Waals surface area contributed by atoms with E-state index in [9.17, 15) is 4.79 Å². The zero-order valence-electron chi connectivity index (χ0n) is 11.0. The number of benzene rings is 1. The molecular weight excluding hydrogens is 276 g/mol. The third-order valence-electron chi connectivity index (χ3n) is 3.33. The summed E-state index contributed by atoms with van der Waals surface area (Å²) in [6.07, 6.45) is 1.57. The summed E-state index contributed by atoms with van der Waals surface area (Å²) in [6.45, 7) is 1.08. The van der Waals surface area contributed by atoms with E-state index in [2.05, 4.69) is 4.98 Å². The van der Waals surface area contributed by atoms with Crippen LogP contribution in [0, 0.1) is 0 Å². The molecule has 0 N–H and O–H groups in total. The van der Waals surface area contributed by atoms with Crippen LogP contribution in [-0.4, -0.2) is 22.9 Å². The maximum Gasteiger partial charge on any atom is 0.256 e. The minimum Gasteiger partial charge on any atom is -0.497 e. The Kier molecular flexibility index (Phi) is 3.32. The zero-order valence-corrected chi connectivity index (χ0v) is 11.7. The van der Waals surface area contributed by atoms with Gasteiger partial charge in [0, 0.05) is 12.7 Å². The predicted octanol–water partition coefficient (Wildman–Crippen LogP) is 2.90. The van der Waals surface area contributed by atoms with Crippen molar-refractivity contribution in [3.8, 4) is 5.75 Å². The molecule has 1 aromatic heterocycles. The molecule has 5 heteroatoms. The number of halogens is 1. The van der Waals surface area contributed by atoms with Gasteiger partial charge in [0.15, 0.2) is 0 Å². The summed E-state index contributed by atoms with van der Waals surface area (Å²) in [4.78, 5) is 18.3. The third-order valence-corrected chi connectivity index (χ3v) is 3.53. The molecule has 1 aliphatic rings. The Hall–Kier alpha value is -2.07. The molecule has 1 amide bonds. The van der Waals surface area contributed by atoms with Gasteiger partial charge < -0.3 is 9.64 Å². The van der Waals surface area contributed by atoms with Crippen molar-refractivity contribution < 1.29 is 9.53 Å². The first-order valence-corrected chi connectivity index (χ1v) is 6.62. The van der Waals surface area contributed by atoms with Crippen LogP contribution in [0.4, 0.5) is 0 Å². The molecule has 2 heterocycles. The number of ether oxygens (including phenoxy) is 1. The Bertz CT molecular complexity index is 655. The molecule has 0 fully saturated rings. The van der Waals surface area contributed by atoms with Crippen molar-refractivity contribution in [2.75, 3.05) is 7.11 Å². The van der Waals surface area contributed by atoms with Gasteiger partial charge in [-0.3, -0.25) is 9.78 Å². The lowest BCUT2D eigenvalue weighted by molar-refractivity contribution is 0.0766. The van der Waals surface area contributed by atoms with Gasteiger partial charge in [-0.15, -0.1) is 0 Å². The van der Waals surface area contributed by atoms with Gasteiger partial charge in [-0.1, -0.05) is 23.7 Å². The zero-order chi connectivity index (χ0) is 14.1. The van der Waals surface area contributed by atoms with Crippen LogP contribution in [0.2, 0.25) is 5.02 Å². The summed E-state index contributed by atoms with van der Waals surface area (Å²) in [5.41, 5.74) is 2.44. The summed E-state index contributed by atoms with van der Waals surface area (Å²) in [7, 11) is 1.63. The first kappa shape index (κ1) is 12.9. The van der Waals surface area contributed by atoms with Crippen LogP contribution in [0.15, 0.2) is 36.5 Å². The average molecular weight is 289 g/mol. The Labute approximate surface area is 122 Å².